The van der Waals surface area contributed by atoms with Crippen LogP contribution in [0.3, 0.4) is 0 Å². The molecule has 132 valence electrons. The van der Waals surface area contributed by atoms with E-state index in [2.05, 4.69) is 10.1 Å². The molecule has 2 aromatic rings. The molecule has 5 nitrogen and oxygen atoms in total. The van der Waals surface area contributed by atoms with Crippen molar-refractivity contribution in [3.63, 3.8) is 0 Å². The monoisotopic (exact) mass is 342 g/mol. The minimum absolute atomic E-state index is 0.110. The molecule has 0 bridgehead atoms. The van der Waals surface area contributed by atoms with Crippen LogP contribution in [0, 0.1) is 0 Å². The first-order chi connectivity index (χ1) is 10.8. The lowest BCUT2D eigenvalue weighted by atomic mass is 10.0. The van der Waals surface area contributed by atoms with Crippen molar-refractivity contribution < 1.29 is 18.3 Å². The van der Waals surface area contributed by atoms with Crippen LogP contribution in [0.25, 0.3) is 11.3 Å². The van der Waals surface area contributed by atoms with Crippen molar-refractivity contribution in [1.29, 1.82) is 0 Å². The predicted octanol–water partition coefficient (Wildman–Crippen LogP) is 2.93. The third-order valence-electron chi connectivity index (χ3n) is 3.31. The highest BCUT2D eigenvalue weighted by atomic mass is 19.4. The Balaban J connectivity index is 2.58. The van der Waals surface area contributed by atoms with Gasteiger partial charge in [0.25, 0.3) is 0 Å². The molecule has 24 heavy (non-hydrogen) atoms. The van der Waals surface area contributed by atoms with Crippen molar-refractivity contribution >= 4 is 0 Å². The average Bonchev–Trinajstić information content (AvgIpc) is 2.79. The van der Waals surface area contributed by atoms with Crippen LogP contribution in [0.1, 0.15) is 39.1 Å². The summed E-state index contributed by atoms with van der Waals surface area (Å²) in [5, 5.41) is 13.7. The van der Waals surface area contributed by atoms with Crippen molar-refractivity contribution in [2.45, 2.75) is 51.6 Å². The summed E-state index contributed by atoms with van der Waals surface area (Å²) in [7, 11) is 0. The van der Waals surface area contributed by atoms with Gasteiger partial charge in [-0.15, -0.1) is 0 Å². The third-order valence-corrected chi connectivity index (χ3v) is 3.31. The lowest BCUT2D eigenvalue weighted by Crippen LogP contribution is -2.37. The second-order valence-corrected chi connectivity index (χ2v) is 7.05. The molecule has 0 saturated heterocycles. The second-order valence-electron chi connectivity index (χ2n) is 7.05. The Bertz CT molecular complexity index is 724. The quantitative estimate of drug-likeness (QED) is 0.896. The Kier molecular flexibility index (Phi) is 4.49. The van der Waals surface area contributed by atoms with Gasteiger partial charge >= 0.3 is 6.18 Å². The highest BCUT2D eigenvalue weighted by Crippen LogP contribution is 2.33. The highest BCUT2D eigenvalue weighted by molar-refractivity contribution is 5.60. The van der Waals surface area contributed by atoms with Gasteiger partial charge in [-0.1, -0.05) is 0 Å². The molecule has 0 aromatic carbocycles. The zero-order valence-electron chi connectivity index (χ0n) is 14.0. The molecule has 0 aliphatic carbocycles. The predicted molar refractivity (Wildman–Crippen MR) is 84.0 cm³/mol. The summed E-state index contributed by atoms with van der Waals surface area (Å²) in [5.74, 6) is 0. The summed E-state index contributed by atoms with van der Waals surface area (Å²) in [6.45, 7) is 6.64. The third kappa shape index (κ3) is 4.33. The van der Waals surface area contributed by atoms with Gasteiger partial charge in [-0.05, 0) is 45.9 Å². The van der Waals surface area contributed by atoms with Gasteiger partial charge in [0.05, 0.1) is 17.9 Å². The molecule has 0 aliphatic heterocycles. The van der Waals surface area contributed by atoms with Crippen molar-refractivity contribution in [3.8, 4) is 11.3 Å². The number of pyridine rings is 1. The van der Waals surface area contributed by atoms with E-state index in [1.54, 1.807) is 39.8 Å². The summed E-state index contributed by atoms with van der Waals surface area (Å²) in [6, 6.07) is 4.11. The topological polar surface area (TPSA) is 77.0 Å². The lowest BCUT2D eigenvalue weighted by molar-refractivity contribution is -0.141. The first-order valence-corrected chi connectivity index (χ1v) is 7.40. The number of nitrogens with zero attached hydrogens (tertiary/aromatic N) is 3. The summed E-state index contributed by atoms with van der Waals surface area (Å²) in [6.07, 6.45) is -3.11. The number of aliphatic hydroxyl groups is 1. The van der Waals surface area contributed by atoms with E-state index in [1.165, 1.54) is 10.9 Å². The molecule has 2 rings (SSSR count). The van der Waals surface area contributed by atoms with E-state index >= 15 is 0 Å². The second kappa shape index (κ2) is 5.86. The zero-order chi connectivity index (χ0) is 18.3. The van der Waals surface area contributed by atoms with Gasteiger partial charge < -0.3 is 10.8 Å². The van der Waals surface area contributed by atoms with Gasteiger partial charge in [0.15, 0.2) is 5.69 Å². The van der Waals surface area contributed by atoms with Crippen LogP contribution < -0.4 is 5.73 Å². The van der Waals surface area contributed by atoms with E-state index in [0.717, 1.165) is 6.07 Å². The minimum atomic E-state index is -4.55. The largest absolute Gasteiger partial charge is 0.435 e. The summed E-state index contributed by atoms with van der Waals surface area (Å²) < 4.78 is 40.4. The first-order valence-electron chi connectivity index (χ1n) is 7.40. The van der Waals surface area contributed by atoms with Gasteiger partial charge in [-0.25, -0.2) is 0 Å². The van der Waals surface area contributed by atoms with Crippen LogP contribution in [0.2, 0.25) is 0 Å². The summed E-state index contributed by atoms with van der Waals surface area (Å²) in [5.41, 5.74) is 4.11. The molecule has 0 radical (unpaired) electrons. The number of hydrogen-bond donors (Lipinski definition) is 2. The van der Waals surface area contributed by atoms with E-state index in [-0.39, 0.29) is 12.2 Å². The van der Waals surface area contributed by atoms with Gasteiger partial charge in [0.2, 0.25) is 0 Å². The number of hydrogen-bond acceptors (Lipinski definition) is 4. The van der Waals surface area contributed by atoms with Gasteiger partial charge in [-0.3, -0.25) is 9.67 Å². The van der Waals surface area contributed by atoms with Crippen LogP contribution in [0.5, 0.6) is 0 Å². The lowest BCUT2D eigenvalue weighted by Gasteiger charge is -2.21. The van der Waals surface area contributed by atoms with E-state index in [0.29, 0.717) is 11.3 Å². The molecule has 2 heterocycles. The Morgan fingerprint density at radius 1 is 1.12 bits per heavy atom. The van der Waals surface area contributed by atoms with Gasteiger partial charge in [0, 0.05) is 17.3 Å². The average molecular weight is 342 g/mol. The van der Waals surface area contributed by atoms with Crippen LogP contribution >= 0.6 is 0 Å². The summed E-state index contributed by atoms with van der Waals surface area (Å²) in [4.78, 5) is 4.07. The van der Waals surface area contributed by atoms with Gasteiger partial charge in [0.1, 0.15) is 5.60 Å². The van der Waals surface area contributed by atoms with Crippen molar-refractivity contribution in [3.05, 3.63) is 35.8 Å². The van der Waals surface area contributed by atoms with Crippen LogP contribution in [-0.2, 0) is 18.3 Å². The Hall–Kier alpha value is -1.93. The number of nitrogens with two attached hydrogens (primary N) is 1. The molecule has 3 N–H and O–H groups in total. The fourth-order valence-corrected chi connectivity index (χ4v) is 2.22. The molecule has 0 unspecified atom stereocenters. The van der Waals surface area contributed by atoms with Gasteiger partial charge in [-0.2, -0.15) is 18.3 Å². The van der Waals surface area contributed by atoms with Crippen molar-refractivity contribution in [2.24, 2.45) is 5.73 Å². The molecule has 0 spiro atoms. The number of halogens is 3. The number of alkyl halides is 3. The Morgan fingerprint density at radius 3 is 2.25 bits per heavy atom. The standard InChI is InChI=1S/C16H21F3N4O/c1-14(2,20)9-23-11(8-13(22-23)16(17,18)19)10-5-6-21-12(7-10)15(3,4)24/h5-8,24H,9,20H2,1-4H3. The fourth-order valence-electron chi connectivity index (χ4n) is 2.22. The van der Waals surface area contributed by atoms with Crippen molar-refractivity contribution in [2.75, 3.05) is 0 Å². The highest BCUT2D eigenvalue weighted by Gasteiger charge is 2.35. The van der Waals surface area contributed by atoms with Crippen molar-refractivity contribution in [1.82, 2.24) is 14.8 Å². The maximum Gasteiger partial charge on any atom is 0.435 e. The van der Waals surface area contributed by atoms with E-state index < -0.39 is 23.0 Å². The maximum atomic E-state index is 13.0. The zero-order valence-corrected chi connectivity index (χ0v) is 14.0. The van der Waals surface area contributed by atoms with E-state index in [4.69, 9.17) is 5.73 Å². The number of aromatic nitrogens is 3. The molecule has 0 fully saturated rings. The molecule has 8 heteroatoms. The minimum Gasteiger partial charge on any atom is -0.384 e. The first kappa shape index (κ1) is 18.4. The molecule has 0 amide bonds. The van der Waals surface area contributed by atoms with Crippen LogP contribution in [0.4, 0.5) is 13.2 Å². The molecular formula is C16H21F3N4O. The fraction of sp³-hybridized carbons (Fsp3) is 0.500. The SMILES string of the molecule is CC(C)(N)Cn1nc(C(F)(F)F)cc1-c1ccnc(C(C)(C)O)c1. The molecule has 0 aliphatic rings. The molecular weight excluding hydrogens is 321 g/mol. The molecule has 0 atom stereocenters. The normalized spacial score (nSPS) is 13.4. The van der Waals surface area contributed by atoms with E-state index in [9.17, 15) is 18.3 Å². The van der Waals surface area contributed by atoms with E-state index in [1.807, 2.05) is 0 Å². The molecule has 2 aromatic heterocycles. The summed E-state index contributed by atoms with van der Waals surface area (Å²) >= 11 is 0. The Labute approximate surface area is 138 Å². The smallest absolute Gasteiger partial charge is 0.384 e. The maximum absolute atomic E-state index is 13.0. The van der Waals surface area contributed by atoms with Crippen LogP contribution in [0.15, 0.2) is 24.4 Å². The number of rotatable bonds is 4. The molecule has 0 saturated carbocycles. The van der Waals surface area contributed by atoms with Crippen LogP contribution in [-0.4, -0.2) is 25.4 Å². The Morgan fingerprint density at radius 2 is 1.75 bits per heavy atom.